The number of hydrogen-bond acceptors (Lipinski definition) is 7. The van der Waals surface area contributed by atoms with E-state index in [1.807, 2.05) is 18.2 Å². The first-order valence-electron chi connectivity index (χ1n) is 10.5. The SMILES string of the molecule is CCN(Cc1ccccc1)c1nc(NC2CC2)n2ncc(/C=C3\CC(=O)NC3=O)c2n1. The zero-order valence-electron chi connectivity index (χ0n) is 17.2. The molecular formula is C22H23N7O2. The Balaban J connectivity index is 1.57. The summed E-state index contributed by atoms with van der Waals surface area (Å²) in [6.07, 6.45) is 5.61. The van der Waals surface area contributed by atoms with E-state index < -0.39 is 0 Å². The molecule has 0 radical (unpaired) electrons. The van der Waals surface area contributed by atoms with Gasteiger partial charge in [-0.15, -0.1) is 0 Å². The Morgan fingerprint density at radius 2 is 2.03 bits per heavy atom. The van der Waals surface area contributed by atoms with Gasteiger partial charge in [-0.3, -0.25) is 14.9 Å². The Kier molecular flexibility index (Phi) is 4.85. The summed E-state index contributed by atoms with van der Waals surface area (Å²) in [7, 11) is 0. The number of hydrogen-bond donors (Lipinski definition) is 2. The van der Waals surface area contributed by atoms with E-state index in [0.717, 1.165) is 19.4 Å². The van der Waals surface area contributed by atoms with Gasteiger partial charge in [0.05, 0.1) is 12.6 Å². The number of carbonyl (C=O) groups is 2. The van der Waals surface area contributed by atoms with Gasteiger partial charge in [-0.1, -0.05) is 30.3 Å². The molecule has 1 saturated heterocycles. The van der Waals surface area contributed by atoms with Crippen LogP contribution in [-0.2, 0) is 16.1 Å². The molecule has 0 bridgehead atoms. The van der Waals surface area contributed by atoms with Crippen LogP contribution in [-0.4, -0.2) is 44.0 Å². The van der Waals surface area contributed by atoms with Gasteiger partial charge in [0.25, 0.3) is 5.91 Å². The molecule has 1 aromatic carbocycles. The molecule has 9 nitrogen and oxygen atoms in total. The van der Waals surface area contributed by atoms with Gasteiger partial charge < -0.3 is 10.2 Å². The summed E-state index contributed by atoms with van der Waals surface area (Å²) in [6.45, 7) is 3.48. The van der Waals surface area contributed by atoms with Gasteiger partial charge in [0.15, 0.2) is 5.65 Å². The molecule has 3 aromatic rings. The Labute approximate surface area is 179 Å². The summed E-state index contributed by atoms with van der Waals surface area (Å²) < 4.78 is 1.67. The van der Waals surface area contributed by atoms with Gasteiger partial charge in [-0.05, 0) is 31.4 Å². The number of amides is 2. The predicted molar refractivity (Wildman–Crippen MR) is 116 cm³/mol. The lowest BCUT2D eigenvalue weighted by molar-refractivity contribution is -0.124. The molecule has 2 fully saturated rings. The van der Waals surface area contributed by atoms with Crippen LogP contribution >= 0.6 is 0 Å². The van der Waals surface area contributed by atoms with E-state index in [-0.39, 0.29) is 18.2 Å². The molecule has 31 heavy (non-hydrogen) atoms. The number of carbonyl (C=O) groups excluding carboxylic acids is 2. The number of nitrogens with one attached hydrogen (secondary N) is 2. The van der Waals surface area contributed by atoms with Crippen LogP contribution < -0.4 is 15.5 Å². The zero-order valence-corrected chi connectivity index (χ0v) is 17.2. The van der Waals surface area contributed by atoms with E-state index in [9.17, 15) is 9.59 Å². The lowest BCUT2D eigenvalue weighted by atomic mass is 10.1. The second-order valence-corrected chi connectivity index (χ2v) is 7.82. The van der Waals surface area contributed by atoms with Crippen molar-refractivity contribution in [3.63, 3.8) is 0 Å². The van der Waals surface area contributed by atoms with Crippen LogP contribution in [0.3, 0.4) is 0 Å². The van der Waals surface area contributed by atoms with Gasteiger partial charge in [-0.25, -0.2) is 0 Å². The molecule has 0 spiro atoms. The van der Waals surface area contributed by atoms with E-state index in [1.165, 1.54) is 5.56 Å². The van der Waals surface area contributed by atoms with Gasteiger partial charge in [0.2, 0.25) is 17.8 Å². The van der Waals surface area contributed by atoms with Crippen molar-refractivity contribution in [3.8, 4) is 0 Å². The minimum atomic E-state index is -0.366. The van der Waals surface area contributed by atoms with Crippen LogP contribution in [0.1, 0.15) is 37.3 Å². The third kappa shape index (κ3) is 3.98. The monoisotopic (exact) mass is 417 g/mol. The molecule has 158 valence electrons. The van der Waals surface area contributed by atoms with Crippen LogP contribution in [0.5, 0.6) is 0 Å². The van der Waals surface area contributed by atoms with Crippen molar-refractivity contribution in [1.82, 2.24) is 24.9 Å². The van der Waals surface area contributed by atoms with Crippen LogP contribution in [0, 0.1) is 0 Å². The van der Waals surface area contributed by atoms with Crippen LogP contribution in [0.25, 0.3) is 11.7 Å². The highest BCUT2D eigenvalue weighted by Crippen LogP contribution is 2.27. The fraction of sp³-hybridized carbons (Fsp3) is 0.318. The summed E-state index contributed by atoms with van der Waals surface area (Å²) in [5, 5.41) is 10.2. The smallest absolute Gasteiger partial charge is 0.254 e. The Morgan fingerprint density at radius 3 is 2.71 bits per heavy atom. The number of benzene rings is 1. The average Bonchev–Trinajstić information content (AvgIpc) is 3.41. The Bertz CT molecular complexity index is 1180. The van der Waals surface area contributed by atoms with Crippen molar-refractivity contribution in [2.45, 2.75) is 38.8 Å². The molecular weight excluding hydrogens is 394 g/mol. The minimum Gasteiger partial charge on any atom is -0.351 e. The van der Waals surface area contributed by atoms with Gasteiger partial charge in [0.1, 0.15) is 0 Å². The lowest BCUT2D eigenvalue weighted by Gasteiger charge is -2.22. The molecule has 2 N–H and O–H groups in total. The fourth-order valence-corrected chi connectivity index (χ4v) is 3.57. The molecule has 9 heteroatoms. The number of fused-ring (bicyclic) bond motifs is 1. The Morgan fingerprint density at radius 1 is 1.23 bits per heavy atom. The molecule has 2 aromatic heterocycles. The van der Waals surface area contributed by atoms with E-state index in [4.69, 9.17) is 9.97 Å². The molecule has 0 unspecified atom stereocenters. The maximum absolute atomic E-state index is 12.0. The summed E-state index contributed by atoms with van der Waals surface area (Å²) in [5.41, 5.74) is 2.85. The van der Waals surface area contributed by atoms with Crippen LogP contribution in [0.2, 0.25) is 0 Å². The number of nitrogens with zero attached hydrogens (tertiary/aromatic N) is 5. The van der Waals surface area contributed by atoms with Crippen molar-refractivity contribution in [2.75, 3.05) is 16.8 Å². The molecule has 3 heterocycles. The van der Waals surface area contributed by atoms with Gasteiger partial charge >= 0.3 is 0 Å². The number of aromatic nitrogens is 4. The first kappa shape index (κ1) is 19.2. The molecule has 5 rings (SSSR count). The summed E-state index contributed by atoms with van der Waals surface area (Å²) in [4.78, 5) is 35.2. The average molecular weight is 417 g/mol. The standard InChI is InChI=1S/C22H23N7O2/c1-2-28(13-14-6-4-3-5-7-14)21-26-19-16(10-15-11-18(30)25-20(15)31)12-23-29(19)22(27-21)24-17-8-9-17/h3-7,10,12,17H,2,8-9,11,13H2,1H3,(H,24,26,27)(H,25,30,31)/b15-10+. The van der Waals surface area contributed by atoms with Crippen molar-refractivity contribution >= 4 is 35.4 Å². The number of imide groups is 1. The van der Waals surface area contributed by atoms with Crippen molar-refractivity contribution in [2.24, 2.45) is 0 Å². The van der Waals surface area contributed by atoms with Crippen molar-refractivity contribution in [1.29, 1.82) is 0 Å². The third-order valence-electron chi connectivity index (χ3n) is 5.40. The highest BCUT2D eigenvalue weighted by molar-refractivity contribution is 6.15. The van der Waals surface area contributed by atoms with Crippen molar-refractivity contribution < 1.29 is 9.59 Å². The first-order chi connectivity index (χ1) is 15.1. The highest BCUT2D eigenvalue weighted by atomic mass is 16.2. The maximum Gasteiger partial charge on any atom is 0.254 e. The van der Waals surface area contributed by atoms with Crippen molar-refractivity contribution in [3.05, 3.63) is 53.2 Å². The Hall–Kier alpha value is -3.75. The van der Waals surface area contributed by atoms with Crippen LogP contribution in [0.4, 0.5) is 11.9 Å². The van der Waals surface area contributed by atoms with Gasteiger partial charge in [-0.2, -0.15) is 19.6 Å². The first-order valence-corrected chi connectivity index (χ1v) is 10.5. The molecule has 0 atom stereocenters. The fourth-order valence-electron chi connectivity index (χ4n) is 3.57. The summed E-state index contributed by atoms with van der Waals surface area (Å²) in [6, 6.07) is 10.6. The van der Waals surface area contributed by atoms with E-state index in [0.29, 0.717) is 41.3 Å². The molecule has 1 aliphatic heterocycles. The minimum absolute atomic E-state index is 0.0659. The highest BCUT2D eigenvalue weighted by Gasteiger charge is 2.26. The third-order valence-corrected chi connectivity index (χ3v) is 5.40. The lowest BCUT2D eigenvalue weighted by Crippen LogP contribution is -2.25. The summed E-state index contributed by atoms with van der Waals surface area (Å²) in [5.74, 6) is 0.563. The number of rotatable bonds is 7. The predicted octanol–water partition coefficient (Wildman–Crippen LogP) is 2.15. The summed E-state index contributed by atoms with van der Waals surface area (Å²) >= 11 is 0. The second-order valence-electron chi connectivity index (χ2n) is 7.82. The second kappa shape index (κ2) is 7.82. The quantitative estimate of drug-likeness (QED) is 0.448. The molecule has 1 aliphatic carbocycles. The normalized spacial score (nSPS) is 17.4. The number of anilines is 2. The molecule has 2 amide bonds. The van der Waals surface area contributed by atoms with E-state index in [2.05, 4.69) is 39.7 Å². The van der Waals surface area contributed by atoms with E-state index >= 15 is 0 Å². The van der Waals surface area contributed by atoms with E-state index in [1.54, 1.807) is 16.8 Å². The van der Waals surface area contributed by atoms with Crippen LogP contribution in [0.15, 0.2) is 42.1 Å². The maximum atomic E-state index is 12.0. The molecule has 1 saturated carbocycles. The van der Waals surface area contributed by atoms with Gasteiger partial charge in [0, 0.05) is 30.3 Å². The largest absolute Gasteiger partial charge is 0.351 e. The zero-order chi connectivity index (χ0) is 21.4. The topological polar surface area (TPSA) is 105 Å². The molecule has 2 aliphatic rings.